The number of hydrogen-bond donors (Lipinski definition) is 1. The van der Waals surface area contributed by atoms with Crippen LogP contribution in [0.15, 0.2) is 36.5 Å². The minimum absolute atomic E-state index is 0.00679. The van der Waals surface area contributed by atoms with Crippen molar-refractivity contribution in [2.75, 3.05) is 18.0 Å². The molecule has 24 heavy (non-hydrogen) atoms. The van der Waals surface area contributed by atoms with Gasteiger partial charge in [-0.15, -0.1) is 0 Å². The van der Waals surface area contributed by atoms with Gasteiger partial charge in [0.1, 0.15) is 0 Å². The smallest absolute Gasteiger partial charge is 0.225 e. The molecule has 1 aliphatic rings. The number of amides is 1. The predicted molar refractivity (Wildman–Crippen MR) is 94.7 cm³/mol. The highest BCUT2D eigenvalue weighted by atomic mass is 16.1. The van der Waals surface area contributed by atoms with Crippen LogP contribution in [0.25, 0.3) is 0 Å². The number of nitrogens with one attached hydrogen (secondary N) is 1. The number of aryl methyl sites for hydroxylation is 2. The van der Waals surface area contributed by atoms with Gasteiger partial charge in [0.25, 0.3) is 0 Å². The number of benzene rings is 1. The van der Waals surface area contributed by atoms with Crippen LogP contribution in [0.2, 0.25) is 0 Å². The van der Waals surface area contributed by atoms with Crippen molar-refractivity contribution in [3.8, 4) is 0 Å². The van der Waals surface area contributed by atoms with Crippen molar-refractivity contribution < 1.29 is 4.79 Å². The van der Waals surface area contributed by atoms with Crippen LogP contribution in [0.4, 0.5) is 5.95 Å². The van der Waals surface area contributed by atoms with Crippen LogP contribution < -0.4 is 10.2 Å². The molecule has 1 aromatic heterocycles. The second-order valence-corrected chi connectivity index (χ2v) is 6.49. The van der Waals surface area contributed by atoms with Crippen LogP contribution in [0.1, 0.15) is 29.7 Å². The lowest BCUT2D eigenvalue weighted by Gasteiger charge is -2.32. The van der Waals surface area contributed by atoms with E-state index in [2.05, 4.69) is 39.2 Å². The summed E-state index contributed by atoms with van der Waals surface area (Å²) in [7, 11) is 0. The van der Waals surface area contributed by atoms with Crippen LogP contribution in [0, 0.1) is 19.8 Å². The maximum atomic E-state index is 12.5. The van der Waals surface area contributed by atoms with Gasteiger partial charge in [-0.05, 0) is 38.3 Å². The molecule has 1 fully saturated rings. The highest BCUT2D eigenvalue weighted by molar-refractivity contribution is 5.79. The molecule has 1 N–H and O–H groups in total. The second kappa shape index (κ2) is 7.43. The molecule has 0 radical (unpaired) electrons. The Morgan fingerprint density at radius 2 is 2.21 bits per heavy atom. The maximum Gasteiger partial charge on any atom is 0.225 e. The topological polar surface area (TPSA) is 58.1 Å². The molecule has 2 aromatic rings. The van der Waals surface area contributed by atoms with Gasteiger partial charge in [-0.1, -0.05) is 29.8 Å². The summed E-state index contributed by atoms with van der Waals surface area (Å²) in [6.45, 7) is 6.19. The summed E-state index contributed by atoms with van der Waals surface area (Å²) in [4.78, 5) is 23.5. The van der Waals surface area contributed by atoms with E-state index >= 15 is 0 Å². The van der Waals surface area contributed by atoms with Crippen LogP contribution in [0.5, 0.6) is 0 Å². The SMILES string of the molecule is Cc1cccc(CNC(=O)[C@@H]2CCCN(c3nccc(C)n3)C2)c1. The summed E-state index contributed by atoms with van der Waals surface area (Å²) in [6.07, 6.45) is 3.68. The Morgan fingerprint density at radius 3 is 3.00 bits per heavy atom. The van der Waals surface area contributed by atoms with Crippen LogP contribution in [-0.2, 0) is 11.3 Å². The predicted octanol–water partition coefficient (Wildman–Crippen LogP) is 2.63. The lowest BCUT2D eigenvalue weighted by atomic mass is 9.97. The Kier molecular flexibility index (Phi) is 5.08. The van der Waals surface area contributed by atoms with Gasteiger partial charge in [0.05, 0.1) is 5.92 Å². The molecule has 1 saturated heterocycles. The molecule has 0 saturated carbocycles. The molecule has 5 nitrogen and oxygen atoms in total. The number of hydrogen-bond acceptors (Lipinski definition) is 4. The summed E-state index contributed by atoms with van der Waals surface area (Å²) in [5.74, 6) is 0.840. The lowest BCUT2D eigenvalue weighted by molar-refractivity contribution is -0.125. The third kappa shape index (κ3) is 4.10. The van der Waals surface area contributed by atoms with Gasteiger partial charge in [0.2, 0.25) is 11.9 Å². The zero-order chi connectivity index (χ0) is 16.9. The number of anilines is 1. The molecule has 1 amide bonds. The molecule has 2 heterocycles. The van der Waals surface area contributed by atoms with Crippen LogP contribution >= 0.6 is 0 Å². The van der Waals surface area contributed by atoms with Gasteiger partial charge >= 0.3 is 0 Å². The van der Waals surface area contributed by atoms with Crippen molar-refractivity contribution in [1.82, 2.24) is 15.3 Å². The van der Waals surface area contributed by atoms with Gasteiger partial charge in [0, 0.05) is 31.5 Å². The van der Waals surface area contributed by atoms with E-state index in [1.54, 1.807) is 6.20 Å². The Bertz CT molecular complexity index is 716. The van der Waals surface area contributed by atoms with Gasteiger partial charge in [-0.25, -0.2) is 9.97 Å². The first-order valence-electron chi connectivity index (χ1n) is 8.49. The molecule has 0 bridgehead atoms. The van der Waals surface area contributed by atoms with Gasteiger partial charge in [-0.2, -0.15) is 0 Å². The normalized spacial score (nSPS) is 17.6. The van der Waals surface area contributed by atoms with E-state index in [9.17, 15) is 4.79 Å². The zero-order valence-corrected chi connectivity index (χ0v) is 14.3. The van der Waals surface area contributed by atoms with Crippen molar-refractivity contribution in [2.45, 2.75) is 33.2 Å². The van der Waals surface area contributed by atoms with Crippen molar-refractivity contribution >= 4 is 11.9 Å². The largest absolute Gasteiger partial charge is 0.352 e. The molecular weight excluding hydrogens is 300 g/mol. The fourth-order valence-electron chi connectivity index (χ4n) is 3.12. The zero-order valence-electron chi connectivity index (χ0n) is 14.3. The van der Waals surface area contributed by atoms with Gasteiger partial charge < -0.3 is 10.2 Å². The first-order valence-corrected chi connectivity index (χ1v) is 8.49. The van der Waals surface area contributed by atoms with E-state index in [0.717, 1.165) is 36.6 Å². The summed E-state index contributed by atoms with van der Waals surface area (Å²) in [5, 5.41) is 3.07. The third-order valence-electron chi connectivity index (χ3n) is 4.41. The minimum Gasteiger partial charge on any atom is -0.352 e. The van der Waals surface area contributed by atoms with Crippen molar-refractivity contribution in [2.24, 2.45) is 5.92 Å². The molecule has 1 aliphatic heterocycles. The first kappa shape index (κ1) is 16.4. The number of piperidine rings is 1. The summed E-state index contributed by atoms with van der Waals surface area (Å²) in [6, 6.07) is 10.1. The molecular formula is C19H24N4O. The Labute approximate surface area is 143 Å². The lowest BCUT2D eigenvalue weighted by Crippen LogP contribution is -2.43. The highest BCUT2D eigenvalue weighted by Crippen LogP contribution is 2.20. The van der Waals surface area contributed by atoms with E-state index < -0.39 is 0 Å². The third-order valence-corrected chi connectivity index (χ3v) is 4.41. The number of rotatable bonds is 4. The highest BCUT2D eigenvalue weighted by Gasteiger charge is 2.26. The van der Waals surface area contributed by atoms with Crippen LogP contribution in [0.3, 0.4) is 0 Å². The van der Waals surface area contributed by atoms with E-state index in [1.165, 1.54) is 5.56 Å². The molecule has 1 aromatic carbocycles. The van der Waals surface area contributed by atoms with Crippen molar-refractivity contribution in [3.05, 3.63) is 53.3 Å². The average molecular weight is 324 g/mol. The van der Waals surface area contributed by atoms with Gasteiger partial charge in [-0.3, -0.25) is 4.79 Å². The van der Waals surface area contributed by atoms with Crippen LogP contribution in [-0.4, -0.2) is 29.0 Å². The fraction of sp³-hybridized carbons (Fsp3) is 0.421. The van der Waals surface area contributed by atoms with E-state index in [0.29, 0.717) is 13.1 Å². The first-order chi connectivity index (χ1) is 11.6. The molecule has 0 spiro atoms. The summed E-state index contributed by atoms with van der Waals surface area (Å²) in [5.41, 5.74) is 3.30. The number of carbonyl (C=O) groups is 1. The Balaban J connectivity index is 1.59. The van der Waals surface area contributed by atoms with Crippen molar-refractivity contribution in [3.63, 3.8) is 0 Å². The standard InChI is InChI=1S/C19H24N4O/c1-14-5-3-6-16(11-14)12-21-18(24)17-7-4-10-23(13-17)19-20-9-8-15(2)22-19/h3,5-6,8-9,11,17H,4,7,10,12-13H2,1-2H3,(H,21,24)/t17-/m1/s1. The molecule has 0 aliphatic carbocycles. The fourth-order valence-corrected chi connectivity index (χ4v) is 3.12. The van der Waals surface area contributed by atoms with Crippen molar-refractivity contribution in [1.29, 1.82) is 0 Å². The minimum atomic E-state index is -0.00679. The molecule has 126 valence electrons. The summed E-state index contributed by atoms with van der Waals surface area (Å²) >= 11 is 0. The molecule has 0 unspecified atom stereocenters. The average Bonchev–Trinajstić information content (AvgIpc) is 2.60. The van der Waals surface area contributed by atoms with Gasteiger partial charge in [0.15, 0.2) is 0 Å². The maximum absolute atomic E-state index is 12.5. The Morgan fingerprint density at radius 1 is 1.33 bits per heavy atom. The molecule has 1 atom stereocenters. The molecule has 3 rings (SSSR count). The number of carbonyl (C=O) groups excluding carboxylic acids is 1. The number of nitrogens with zero attached hydrogens (tertiary/aromatic N) is 3. The number of aromatic nitrogens is 2. The molecule has 5 heteroatoms. The quantitative estimate of drug-likeness (QED) is 0.939. The Hall–Kier alpha value is -2.43. The van der Waals surface area contributed by atoms with E-state index in [4.69, 9.17) is 0 Å². The summed E-state index contributed by atoms with van der Waals surface area (Å²) < 4.78 is 0. The van der Waals surface area contributed by atoms with E-state index in [-0.39, 0.29) is 11.8 Å². The monoisotopic (exact) mass is 324 g/mol. The second-order valence-electron chi connectivity index (χ2n) is 6.49. The van der Waals surface area contributed by atoms with E-state index in [1.807, 2.05) is 25.1 Å².